The molecule has 0 radical (unpaired) electrons. The summed E-state index contributed by atoms with van der Waals surface area (Å²) in [6.45, 7) is 8.65. The molecule has 0 aliphatic heterocycles. The lowest BCUT2D eigenvalue weighted by Gasteiger charge is -2.18. The summed E-state index contributed by atoms with van der Waals surface area (Å²) in [4.78, 5) is 8.57. The Morgan fingerprint density at radius 1 is 1.31 bits per heavy atom. The predicted molar refractivity (Wildman–Crippen MR) is 68.9 cm³/mol. The highest BCUT2D eigenvalue weighted by molar-refractivity contribution is 5.46. The fourth-order valence-electron chi connectivity index (χ4n) is 1.71. The van der Waals surface area contributed by atoms with Crippen LogP contribution in [-0.4, -0.2) is 23.1 Å². The monoisotopic (exact) mass is 222 g/mol. The van der Waals surface area contributed by atoms with Gasteiger partial charge in [-0.15, -0.1) is 0 Å². The van der Waals surface area contributed by atoms with Crippen LogP contribution in [0.15, 0.2) is 6.20 Å². The molecule has 0 fully saturated rings. The van der Waals surface area contributed by atoms with E-state index in [1.807, 2.05) is 20.2 Å². The van der Waals surface area contributed by atoms with Gasteiger partial charge in [0.2, 0.25) is 5.95 Å². The highest BCUT2D eigenvalue weighted by atomic mass is 15.1. The minimum atomic E-state index is 0.429. The molecule has 0 saturated heterocycles. The summed E-state index contributed by atoms with van der Waals surface area (Å²) in [7, 11) is 1.83. The zero-order chi connectivity index (χ0) is 12.1. The first-order valence-electron chi connectivity index (χ1n) is 5.80. The third kappa shape index (κ3) is 3.68. The van der Waals surface area contributed by atoms with E-state index >= 15 is 0 Å². The summed E-state index contributed by atoms with van der Waals surface area (Å²) < 4.78 is 0. The topological polar surface area (TPSA) is 49.8 Å². The van der Waals surface area contributed by atoms with Gasteiger partial charge in [0.1, 0.15) is 5.82 Å². The van der Waals surface area contributed by atoms with Gasteiger partial charge in [0.05, 0.1) is 0 Å². The van der Waals surface area contributed by atoms with E-state index in [4.69, 9.17) is 0 Å². The van der Waals surface area contributed by atoms with E-state index in [1.165, 1.54) is 0 Å². The zero-order valence-electron chi connectivity index (χ0n) is 10.8. The molecule has 1 unspecified atom stereocenters. The van der Waals surface area contributed by atoms with Crippen molar-refractivity contribution in [2.45, 2.75) is 40.2 Å². The molecule has 0 amide bonds. The van der Waals surface area contributed by atoms with Crippen LogP contribution in [0, 0.1) is 12.8 Å². The molecule has 4 heteroatoms. The van der Waals surface area contributed by atoms with Crippen molar-refractivity contribution in [2.75, 3.05) is 17.7 Å². The van der Waals surface area contributed by atoms with Crippen molar-refractivity contribution in [3.63, 3.8) is 0 Å². The first-order chi connectivity index (χ1) is 7.52. The SMILES string of the molecule is CNc1ncc(C)c(NC(C)CC(C)C)n1. The van der Waals surface area contributed by atoms with Crippen LogP contribution in [0.3, 0.4) is 0 Å². The second kappa shape index (κ2) is 5.68. The van der Waals surface area contributed by atoms with Crippen molar-refractivity contribution < 1.29 is 0 Å². The van der Waals surface area contributed by atoms with E-state index in [1.54, 1.807) is 0 Å². The average Bonchev–Trinajstić information content (AvgIpc) is 2.20. The van der Waals surface area contributed by atoms with Gasteiger partial charge in [-0.05, 0) is 26.2 Å². The highest BCUT2D eigenvalue weighted by Gasteiger charge is 2.08. The van der Waals surface area contributed by atoms with Gasteiger partial charge in [-0.2, -0.15) is 4.98 Å². The fourth-order valence-corrected chi connectivity index (χ4v) is 1.71. The molecule has 2 N–H and O–H groups in total. The van der Waals surface area contributed by atoms with Crippen molar-refractivity contribution in [3.8, 4) is 0 Å². The number of hydrogen-bond acceptors (Lipinski definition) is 4. The maximum Gasteiger partial charge on any atom is 0.224 e. The number of nitrogens with one attached hydrogen (secondary N) is 2. The van der Waals surface area contributed by atoms with Crippen LogP contribution in [0.5, 0.6) is 0 Å². The molecular formula is C12H22N4. The van der Waals surface area contributed by atoms with Crippen LogP contribution in [0.2, 0.25) is 0 Å². The molecule has 0 saturated carbocycles. The standard InChI is InChI=1S/C12H22N4/c1-8(2)6-10(4)15-11-9(3)7-14-12(13-5)16-11/h7-8,10H,6H2,1-5H3,(H2,13,14,15,16). The molecule has 1 aromatic heterocycles. The van der Waals surface area contributed by atoms with E-state index < -0.39 is 0 Å². The van der Waals surface area contributed by atoms with Gasteiger partial charge in [0, 0.05) is 24.8 Å². The molecular weight excluding hydrogens is 200 g/mol. The summed E-state index contributed by atoms with van der Waals surface area (Å²) in [5.74, 6) is 2.27. The number of rotatable bonds is 5. The Bertz CT molecular complexity index is 336. The van der Waals surface area contributed by atoms with Crippen molar-refractivity contribution in [1.82, 2.24) is 9.97 Å². The van der Waals surface area contributed by atoms with Gasteiger partial charge in [-0.25, -0.2) is 4.98 Å². The van der Waals surface area contributed by atoms with E-state index in [0.29, 0.717) is 17.9 Å². The lowest BCUT2D eigenvalue weighted by molar-refractivity contribution is 0.538. The Morgan fingerprint density at radius 3 is 2.56 bits per heavy atom. The smallest absolute Gasteiger partial charge is 0.224 e. The molecule has 1 atom stereocenters. The van der Waals surface area contributed by atoms with Crippen LogP contribution in [0.25, 0.3) is 0 Å². The van der Waals surface area contributed by atoms with E-state index in [-0.39, 0.29) is 0 Å². The van der Waals surface area contributed by atoms with Gasteiger partial charge in [0.15, 0.2) is 0 Å². The largest absolute Gasteiger partial charge is 0.367 e. The van der Waals surface area contributed by atoms with Crippen LogP contribution >= 0.6 is 0 Å². The summed E-state index contributed by atoms with van der Waals surface area (Å²) in [6, 6.07) is 0.429. The molecule has 0 aromatic carbocycles. The molecule has 1 aromatic rings. The molecule has 4 nitrogen and oxygen atoms in total. The fraction of sp³-hybridized carbons (Fsp3) is 0.667. The predicted octanol–water partition coefficient (Wildman–Crippen LogP) is 2.67. The number of nitrogens with zero attached hydrogens (tertiary/aromatic N) is 2. The second-order valence-electron chi connectivity index (χ2n) is 4.65. The number of anilines is 2. The number of aromatic nitrogens is 2. The molecule has 1 rings (SSSR count). The van der Waals surface area contributed by atoms with Gasteiger partial charge in [0.25, 0.3) is 0 Å². The van der Waals surface area contributed by atoms with Crippen molar-refractivity contribution in [3.05, 3.63) is 11.8 Å². The van der Waals surface area contributed by atoms with Crippen LogP contribution in [0.4, 0.5) is 11.8 Å². The molecule has 0 aliphatic rings. The maximum absolute atomic E-state index is 4.40. The van der Waals surface area contributed by atoms with E-state index in [0.717, 1.165) is 17.8 Å². The number of aryl methyl sites for hydroxylation is 1. The minimum Gasteiger partial charge on any atom is -0.367 e. The molecule has 0 aliphatic carbocycles. The zero-order valence-corrected chi connectivity index (χ0v) is 10.8. The van der Waals surface area contributed by atoms with Crippen molar-refractivity contribution >= 4 is 11.8 Å². The highest BCUT2D eigenvalue weighted by Crippen LogP contribution is 2.15. The minimum absolute atomic E-state index is 0.429. The third-order valence-corrected chi connectivity index (χ3v) is 2.40. The number of hydrogen-bond donors (Lipinski definition) is 2. The van der Waals surface area contributed by atoms with E-state index in [9.17, 15) is 0 Å². The Labute approximate surface area is 97.9 Å². The molecule has 0 bridgehead atoms. The molecule has 1 heterocycles. The van der Waals surface area contributed by atoms with Crippen LogP contribution in [-0.2, 0) is 0 Å². The van der Waals surface area contributed by atoms with Gasteiger partial charge < -0.3 is 10.6 Å². The van der Waals surface area contributed by atoms with Crippen LogP contribution in [0.1, 0.15) is 32.8 Å². The van der Waals surface area contributed by atoms with Crippen molar-refractivity contribution in [1.29, 1.82) is 0 Å². The van der Waals surface area contributed by atoms with Crippen LogP contribution < -0.4 is 10.6 Å². The molecule has 16 heavy (non-hydrogen) atoms. The normalized spacial score (nSPS) is 12.6. The quantitative estimate of drug-likeness (QED) is 0.804. The maximum atomic E-state index is 4.40. The summed E-state index contributed by atoms with van der Waals surface area (Å²) in [5, 5.41) is 6.37. The van der Waals surface area contributed by atoms with Crippen molar-refractivity contribution in [2.24, 2.45) is 5.92 Å². The molecule has 0 spiro atoms. The Hall–Kier alpha value is -1.32. The second-order valence-corrected chi connectivity index (χ2v) is 4.65. The summed E-state index contributed by atoms with van der Waals surface area (Å²) >= 11 is 0. The Kier molecular flexibility index (Phi) is 4.52. The lowest BCUT2D eigenvalue weighted by Crippen LogP contribution is -2.19. The summed E-state index contributed by atoms with van der Waals surface area (Å²) in [5.41, 5.74) is 1.08. The van der Waals surface area contributed by atoms with E-state index in [2.05, 4.69) is 41.4 Å². The summed E-state index contributed by atoms with van der Waals surface area (Å²) in [6.07, 6.45) is 2.97. The Balaban J connectivity index is 2.71. The van der Waals surface area contributed by atoms with Gasteiger partial charge in [-0.1, -0.05) is 13.8 Å². The Morgan fingerprint density at radius 2 is 2.00 bits per heavy atom. The lowest BCUT2D eigenvalue weighted by atomic mass is 10.1. The first-order valence-corrected chi connectivity index (χ1v) is 5.80. The average molecular weight is 222 g/mol. The van der Waals surface area contributed by atoms with Gasteiger partial charge >= 0.3 is 0 Å². The molecule has 90 valence electrons. The first kappa shape index (κ1) is 12.7. The van der Waals surface area contributed by atoms with Gasteiger partial charge in [-0.3, -0.25) is 0 Å². The third-order valence-electron chi connectivity index (χ3n) is 2.40.